The van der Waals surface area contributed by atoms with Gasteiger partial charge in [-0.3, -0.25) is 14.6 Å². The van der Waals surface area contributed by atoms with Gasteiger partial charge in [0.15, 0.2) is 0 Å². The van der Waals surface area contributed by atoms with E-state index in [0.29, 0.717) is 31.7 Å². The van der Waals surface area contributed by atoms with Crippen LogP contribution in [0.4, 0.5) is 8.78 Å². The minimum Gasteiger partial charge on any atom is -0.480 e. The Labute approximate surface area is 123 Å². The van der Waals surface area contributed by atoms with Gasteiger partial charge in [0, 0.05) is 43.9 Å². The van der Waals surface area contributed by atoms with Crippen LogP contribution in [0, 0.1) is 11.6 Å². The van der Waals surface area contributed by atoms with Gasteiger partial charge in [0.05, 0.1) is 0 Å². The van der Waals surface area contributed by atoms with Crippen molar-refractivity contribution in [3.63, 3.8) is 0 Å². The molecule has 6 heteroatoms. The van der Waals surface area contributed by atoms with Gasteiger partial charge in [-0.05, 0) is 19.9 Å². The van der Waals surface area contributed by atoms with E-state index >= 15 is 0 Å². The molecule has 0 aliphatic carbocycles. The van der Waals surface area contributed by atoms with Crippen molar-refractivity contribution in [1.29, 1.82) is 0 Å². The van der Waals surface area contributed by atoms with Crippen LogP contribution in [0.3, 0.4) is 0 Å². The van der Waals surface area contributed by atoms with E-state index in [2.05, 4.69) is 4.90 Å². The van der Waals surface area contributed by atoms with E-state index in [-0.39, 0.29) is 6.04 Å². The van der Waals surface area contributed by atoms with E-state index in [0.717, 1.165) is 6.07 Å². The lowest BCUT2D eigenvalue weighted by molar-refractivity contribution is -0.143. The fraction of sp³-hybridized carbons (Fsp3) is 0.533. The zero-order valence-corrected chi connectivity index (χ0v) is 12.2. The Hall–Kier alpha value is -1.53. The van der Waals surface area contributed by atoms with E-state index in [9.17, 15) is 13.6 Å². The average molecular weight is 298 g/mol. The second kappa shape index (κ2) is 6.49. The van der Waals surface area contributed by atoms with Crippen molar-refractivity contribution in [3.8, 4) is 0 Å². The maximum absolute atomic E-state index is 13.8. The van der Waals surface area contributed by atoms with Gasteiger partial charge in [-0.25, -0.2) is 8.78 Å². The molecule has 1 N–H and O–H groups in total. The van der Waals surface area contributed by atoms with Crippen LogP contribution in [0.5, 0.6) is 0 Å². The number of carboxylic acid groups (broad SMARTS) is 1. The molecule has 4 nitrogen and oxygen atoms in total. The maximum atomic E-state index is 13.8. The predicted molar refractivity (Wildman–Crippen MR) is 75.0 cm³/mol. The highest BCUT2D eigenvalue weighted by molar-refractivity contribution is 5.72. The highest BCUT2D eigenvalue weighted by Crippen LogP contribution is 2.25. The number of hydrogen-bond donors (Lipinski definition) is 1. The standard InChI is InChI=1S/C15H20F2N2O2/c1-10(13-4-3-12(16)9-14(13)17)18-5-7-19(8-6-18)11(2)15(20)21/h3-4,9-11H,5-8H2,1-2H3,(H,20,21)/t10-,11-/m1/s1. The van der Waals surface area contributed by atoms with Gasteiger partial charge in [-0.2, -0.15) is 0 Å². The van der Waals surface area contributed by atoms with Gasteiger partial charge in [0.25, 0.3) is 0 Å². The zero-order valence-electron chi connectivity index (χ0n) is 12.2. The molecule has 1 heterocycles. The molecule has 0 bridgehead atoms. The molecule has 1 aromatic carbocycles. The first-order valence-corrected chi connectivity index (χ1v) is 7.06. The first-order valence-electron chi connectivity index (χ1n) is 7.06. The molecule has 1 aliphatic heterocycles. The number of carbonyl (C=O) groups is 1. The third kappa shape index (κ3) is 3.57. The molecule has 1 fully saturated rings. The first kappa shape index (κ1) is 15.9. The zero-order chi connectivity index (χ0) is 15.6. The lowest BCUT2D eigenvalue weighted by Gasteiger charge is -2.39. The SMILES string of the molecule is C[C@H](C(=O)O)N1CCN([C@H](C)c2ccc(F)cc2F)CC1. The molecule has 0 amide bonds. The van der Waals surface area contributed by atoms with Crippen LogP contribution < -0.4 is 0 Å². The van der Waals surface area contributed by atoms with Crippen molar-refractivity contribution in [1.82, 2.24) is 9.80 Å². The number of aliphatic carboxylic acids is 1. The summed E-state index contributed by atoms with van der Waals surface area (Å²) >= 11 is 0. The maximum Gasteiger partial charge on any atom is 0.320 e. The van der Waals surface area contributed by atoms with Crippen molar-refractivity contribution in [2.24, 2.45) is 0 Å². The third-order valence-electron chi connectivity index (χ3n) is 4.21. The Morgan fingerprint density at radius 1 is 1.14 bits per heavy atom. The summed E-state index contributed by atoms with van der Waals surface area (Å²) in [4.78, 5) is 15.0. The van der Waals surface area contributed by atoms with Crippen molar-refractivity contribution < 1.29 is 18.7 Å². The molecule has 0 radical (unpaired) electrons. The summed E-state index contributed by atoms with van der Waals surface area (Å²) < 4.78 is 26.8. The van der Waals surface area contributed by atoms with E-state index in [1.54, 1.807) is 6.92 Å². The minimum absolute atomic E-state index is 0.159. The summed E-state index contributed by atoms with van der Waals surface area (Å²) in [6.45, 7) is 6.13. The summed E-state index contributed by atoms with van der Waals surface area (Å²) in [7, 11) is 0. The molecule has 116 valence electrons. The molecule has 0 aromatic heterocycles. The van der Waals surface area contributed by atoms with Gasteiger partial charge in [0.1, 0.15) is 17.7 Å². The molecule has 1 aliphatic rings. The van der Waals surface area contributed by atoms with Crippen molar-refractivity contribution in [2.45, 2.75) is 25.9 Å². The largest absolute Gasteiger partial charge is 0.480 e. The molecular weight excluding hydrogens is 278 g/mol. The Balaban J connectivity index is 2.00. The van der Waals surface area contributed by atoms with Gasteiger partial charge in [-0.1, -0.05) is 6.07 Å². The smallest absolute Gasteiger partial charge is 0.320 e. The lowest BCUT2D eigenvalue weighted by atomic mass is 10.0. The fourth-order valence-corrected chi connectivity index (χ4v) is 2.71. The van der Waals surface area contributed by atoms with Gasteiger partial charge >= 0.3 is 5.97 Å². The first-order chi connectivity index (χ1) is 9.90. The van der Waals surface area contributed by atoms with Gasteiger partial charge in [-0.15, -0.1) is 0 Å². The molecular formula is C15H20F2N2O2. The van der Waals surface area contributed by atoms with Crippen LogP contribution in [0.25, 0.3) is 0 Å². The topological polar surface area (TPSA) is 43.8 Å². The molecule has 0 saturated carbocycles. The average Bonchev–Trinajstić information content (AvgIpc) is 2.46. The van der Waals surface area contributed by atoms with Gasteiger partial charge in [0.2, 0.25) is 0 Å². The number of piperazine rings is 1. The van der Waals surface area contributed by atoms with E-state index < -0.39 is 23.6 Å². The van der Waals surface area contributed by atoms with Crippen molar-refractivity contribution >= 4 is 5.97 Å². The Kier molecular flexibility index (Phi) is 4.90. The van der Waals surface area contributed by atoms with Crippen LogP contribution in [-0.4, -0.2) is 53.1 Å². The molecule has 1 aromatic rings. The summed E-state index contributed by atoms with van der Waals surface area (Å²) in [6, 6.07) is 2.96. The Morgan fingerprint density at radius 3 is 2.24 bits per heavy atom. The number of halogens is 2. The summed E-state index contributed by atoms with van der Waals surface area (Å²) in [6.07, 6.45) is 0. The predicted octanol–water partition coefficient (Wildman–Crippen LogP) is 2.12. The van der Waals surface area contributed by atoms with E-state index in [1.807, 2.05) is 11.8 Å². The molecule has 2 atom stereocenters. The quantitative estimate of drug-likeness (QED) is 0.924. The fourth-order valence-electron chi connectivity index (χ4n) is 2.71. The Bertz CT molecular complexity index is 516. The second-order valence-electron chi connectivity index (χ2n) is 5.43. The number of rotatable bonds is 4. The molecule has 21 heavy (non-hydrogen) atoms. The minimum atomic E-state index is -0.832. The van der Waals surface area contributed by atoms with Crippen LogP contribution in [0.15, 0.2) is 18.2 Å². The molecule has 1 saturated heterocycles. The number of carboxylic acids is 1. The lowest BCUT2D eigenvalue weighted by Crippen LogP contribution is -2.52. The highest BCUT2D eigenvalue weighted by atomic mass is 19.1. The second-order valence-corrected chi connectivity index (χ2v) is 5.43. The van der Waals surface area contributed by atoms with Crippen LogP contribution >= 0.6 is 0 Å². The number of hydrogen-bond acceptors (Lipinski definition) is 3. The third-order valence-corrected chi connectivity index (χ3v) is 4.21. The number of benzene rings is 1. The van der Waals surface area contributed by atoms with Crippen LogP contribution in [0.1, 0.15) is 25.5 Å². The Morgan fingerprint density at radius 2 is 1.71 bits per heavy atom. The van der Waals surface area contributed by atoms with Crippen molar-refractivity contribution in [3.05, 3.63) is 35.4 Å². The highest BCUT2D eigenvalue weighted by Gasteiger charge is 2.28. The van der Waals surface area contributed by atoms with Crippen LogP contribution in [0.2, 0.25) is 0 Å². The molecule has 0 spiro atoms. The van der Waals surface area contributed by atoms with E-state index in [4.69, 9.17) is 5.11 Å². The number of nitrogens with zero attached hydrogens (tertiary/aromatic N) is 2. The van der Waals surface area contributed by atoms with Crippen LogP contribution in [-0.2, 0) is 4.79 Å². The summed E-state index contributed by atoms with van der Waals surface area (Å²) in [5, 5.41) is 9.01. The summed E-state index contributed by atoms with van der Waals surface area (Å²) in [5.41, 5.74) is 0.469. The monoisotopic (exact) mass is 298 g/mol. The molecule has 0 unspecified atom stereocenters. The summed E-state index contributed by atoms with van der Waals surface area (Å²) in [5.74, 6) is -1.95. The van der Waals surface area contributed by atoms with Crippen molar-refractivity contribution in [2.75, 3.05) is 26.2 Å². The van der Waals surface area contributed by atoms with E-state index in [1.165, 1.54) is 12.1 Å². The molecule has 2 rings (SSSR count). The van der Waals surface area contributed by atoms with Gasteiger partial charge < -0.3 is 5.11 Å². The normalized spacial score (nSPS) is 20.2.